The van der Waals surface area contributed by atoms with E-state index in [0.717, 1.165) is 23.5 Å². The molecular formula is C15H17ClN2O2S. The second-order valence-electron chi connectivity index (χ2n) is 4.83. The molecule has 0 radical (unpaired) electrons. The second kappa shape index (κ2) is 6.91. The quantitative estimate of drug-likeness (QED) is 0.792. The van der Waals surface area contributed by atoms with E-state index in [0.29, 0.717) is 5.02 Å². The van der Waals surface area contributed by atoms with Crippen LogP contribution < -0.4 is 10.6 Å². The Morgan fingerprint density at radius 3 is 2.57 bits per heavy atom. The lowest BCUT2D eigenvalue weighted by atomic mass is 10.2. The van der Waals surface area contributed by atoms with Gasteiger partial charge in [0.25, 0.3) is 0 Å². The molecule has 0 aliphatic carbocycles. The molecule has 1 unspecified atom stereocenters. The Hall–Kier alpha value is -1.59. The highest BCUT2D eigenvalue weighted by Gasteiger charge is 2.14. The van der Waals surface area contributed by atoms with Crippen molar-refractivity contribution in [2.24, 2.45) is 0 Å². The molecule has 1 atom stereocenters. The Balaban J connectivity index is 2.29. The number of hydrogen-bond acceptors (Lipinski definition) is 3. The molecule has 0 saturated heterocycles. The number of benzene rings is 1. The Morgan fingerprint density at radius 1 is 1.29 bits per heavy atom. The standard InChI is InChI=1S/C15H17ClN2O2S/c1-3-4-5-11(2)18-14(19)17(15(20)21-18)10-12-6-8-13(16)9-7-12/h3-4,6-9,11H,5,10H2,1-2H3. The monoisotopic (exact) mass is 324 g/mol. The molecule has 0 aliphatic rings. The summed E-state index contributed by atoms with van der Waals surface area (Å²) in [4.78, 5) is 24.1. The minimum absolute atomic E-state index is 0.0159. The summed E-state index contributed by atoms with van der Waals surface area (Å²) in [6, 6.07) is 7.12. The van der Waals surface area contributed by atoms with Crippen molar-refractivity contribution in [1.29, 1.82) is 0 Å². The molecule has 21 heavy (non-hydrogen) atoms. The van der Waals surface area contributed by atoms with Gasteiger partial charge in [-0.05, 0) is 38.0 Å². The summed E-state index contributed by atoms with van der Waals surface area (Å²) in [5.41, 5.74) is 0.626. The van der Waals surface area contributed by atoms with Crippen LogP contribution in [0.15, 0.2) is 46.0 Å². The van der Waals surface area contributed by atoms with Gasteiger partial charge in [0.1, 0.15) is 0 Å². The Kier molecular flexibility index (Phi) is 5.20. The maximum absolute atomic E-state index is 12.4. The molecule has 6 heteroatoms. The topological polar surface area (TPSA) is 44.0 Å². The Labute approximate surface area is 132 Å². The van der Waals surface area contributed by atoms with Gasteiger partial charge >= 0.3 is 10.6 Å². The van der Waals surface area contributed by atoms with E-state index in [2.05, 4.69) is 0 Å². The minimum atomic E-state index is -0.253. The van der Waals surface area contributed by atoms with Crippen LogP contribution in [0.5, 0.6) is 0 Å². The average Bonchev–Trinajstić information content (AvgIpc) is 2.75. The van der Waals surface area contributed by atoms with Gasteiger partial charge in [-0.1, -0.05) is 35.9 Å². The fourth-order valence-electron chi connectivity index (χ4n) is 1.98. The average molecular weight is 325 g/mol. The van der Waals surface area contributed by atoms with Gasteiger partial charge in [-0.3, -0.25) is 4.79 Å². The van der Waals surface area contributed by atoms with Crippen molar-refractivity contribution in [3.63, 3.8) is 0 Å². The molecule has 0 N–H and O–H groups in total. The van der Waals surface area contributed by atoms with Crippen LogP contribution in [0.25, 0.3) is 0 Å². The molecule has 0 aliphatic heterocycles. The van der Waals surface area contributed by atoms with Crippen molar-refractivity contribution < 1.29 is 0 Å². The van der Waals surface area contributed by atoms with E-state index in [4.69, 9.17) is 11.6 Å². The molecular weight excluding hydrogens is 308 g/mol. The highest BCUT2D eigenvalue weighted by atomic mass is 35.5. The molecule has 0 bridgehead atoms. The lowest BCUT2D eigenvalue weighted by molar-refractivity contribution is 0.552. The molecule has 0 fully saturated rings. The fourth-order valence-corrected chi connectivity index (χ4v) is 2.96. The summed E-state index contributed by atoms with van der Waals surface area (Å²) in [5, 5.41) is 0.633. The molecule has 0 amide bonds. The third-order valence-corrected chi connectivity index (χ3v) is 4.52. The summed E-state index contributed by atoms with van der Waals surface area (Å²) in [5.74, 6) is 0. The fraction of sp³-hybridized carbons (Fsp3) is 0.333. The van der Waals surface area contributed by atoms with Crippen LogP contribution in [0, 0.1) is 0 Å². The zero-order valence-electron chi connectivity index (χ0n) is 12.0. The van der Waals surface area contributed by atoms with Gasteiger partial charge in [-0.15, -0.1) is 0 Å². The first-order valence-corrected chi connectivity index (χ1v) is 7.86. The van der Waals surface area contributed by atoms with Crippen LogP contribution in [0.4, 0.5) is 0 Å². The van der Waals surface area contributed by atoms with E-state index in [-0.39, 0.29) is 23.1 Å². The maximum atomic E-state index is 12.4. The number of rotatable bonds is 5. The van der Waals surface area contributed by atoms with Crippen LogP contribution in [0.2, 0.25) is 5.02 Å². The first-order valence-electron chi connectivity index (χ1n) is 6.71. The summed E-state index contributed by atoms with van der Waals surface area (Å²) < 4.78 is 2.80. The number of aromatic nitrogens is 2. The Bertz CT molecular complexity index is 740. The largest absolute Gasteiger partial charge is 0.341 e. The van der Waals surface area contributed by atoms with E-state index in [1.54, 1.807) is 12.1 Å². The van der Waals surface area contributed by atoms with Crippen molar-refractivity contribution in [2.75, 3.05) is 0 Å². The molecule has 0 spiro atoms. The SMILES string of the molecule is CC=CCC(C)n1sc(=O)n(Cc2ccc(Cl)cc2)c1=O. The predicted octanol–water partition coefficient (Wildman–Crippen LogP) is 3.30. The second-order valence-corrected chi connectivity index (χ2v) is 6.19. The molecule has 1 aromatic heterocycles. The zero-order valence-corrected chi connectivity index (χ0v) is 13.5. The highest BCUT2D eigenvalue weighted by Crippen LogP contribution is 2.12. The van der Waals surface area contributed by atoms with Crippen LogP contribution in [-0.4, -0.2) is 8.52 Å². The summed E-state index contributed by atoms with van der Waals surface area (Å²) in [6.07, 6.45) is 4.66. The number of nitrogens with zero attached hydrogens (tertiary/aromatic N) is 2. The van der Waals surface area contributed by atoms with E-state index in [9.17, 15) is 9.59 Å². The molecule has 1 aromatic carbocycles. The van der Waals surface area contributed by atoms with E-state index in [1.165, 1.54) is 8.52 Å². The van der Waals surface area contributed by atoms with Gasteiger partial charge < -0.3 is 0 Å². The van der Waals surface area contributed by atoms with Gasteiger partial charge in [0.15, 0.2) is 0 Å². The van der Waals surface area contributed by atoms with Gasteiger partial charge in [-0.2, -0.15) is 0 Å². The third kappa shape index (κ3) is 3.74. The minimum Gasteiger partial charge on any atom is -0.255 e. The summed E-state index contributed by atoms with van der Waals surface area (Å²) in [7, 11) is 0. The normalized spacial score (nSPS) is 12.9. The van der Waals surface area contributed by atoms with Crippen LogP contribution in [0.1, 0.15) is 31.9 Å². The van der Waals surface area contributed by atoms with Crippen molar-refractivity contribution >= 4 is 23.1 Å². The van der Waals surface area contributed by atoms with Crippen LogP contribution in [-0.2, 0) is 6.54 Å². The smallest absolute Gasteiger partial charge is 0.255 e. The van der Waals surface area contributed by atoms with Crippen molar-refractivity contribution in [2.45, 2.75) is 32.9 Å². The van der Waals surface area contributed by atoms with Gasteiger partial charge in [-0.25, -0.2) is 13.3 Å². The van der Waals surface area contributed by atoms with Crippen molar-refractivity contribution in [3.05, 3.63) is 67.2 Å². The van der Waals surface area contributed by atoms with E-state index in [1.807, 2.05) is 38.1 Å². The molecule has 2 aromatic rings. The first kappa shape index (κ1) is 15.8. The van der Waals surface area contributed by atoms with Gasteiger partial charge in [0.05, 0.1) is 6.54 Å². The molecule has 1 heterocycles. The van der Waals surface area contributed by atoms with E-state index < -0.39 is 0 Å². The van der Waals surface area contributed by atoms with Crippen LogP contribution >= 0.6 is 23.1 Å². The van der Waals surface area contributed by atoms with Gasteiger partial charge in [0, 0.05) is 22.6 Å². The molecule has 112 valence electrons. The highest BCUT2D eigenvalue weighted by molar-refractivity contribution is 7.03. The number of hydrogen-bond donors (Lipinski definition) is 0. The molecule has 0 saturated carbocycles. The summed E-state index contributed by atoms with van der Waals surface area (Å²) in [6.45, 7) is 4.14. The molecule has 2 rings (SSSR count). The van der Waals surface area contributed by atoms with Crippen molar-refractivity contribution in [1.82, 2.24) is 8.52 Å². The lowest BCUT2D eigenvalue weighted by Crippen LogP contribution is -2.30. The Morgan fingerprint density at radius 2 is 1.95 bits per heavy atom. The lowest BCUT2D eigenvalue weighted by Gasteiger charge is -2.07. The third-order valence-electron chi connectivity index (χ3n) is 3.18. The number of allylic oxidation sites excluding steroid dienone is 2. The number of halogens is 1. The van der Waals surface area contributed by atoms with Crippen molar-refractivity contribution in [3.8, 4) is 0 Å². The summed E-state index contributed by atoms with van der Waals surface area (Å²) >= 11 is 6.81. The maximum Gasteiger partial charge on any atom is 0.341 e. The van der Waals surface area contributed by atoms with Gasteiger partial charge in [0.2, 0.25) is 0 Å². The van der Waals surface area contributed by atoms with Crippen LogP contribution in [0.3, 0.4) is 0 Å². The zero-order chi connectivity index (χ0) is 15.4. The first-order chi connectivity index (χ1) is 10.0. The predicted molar refractivity (Wildman–Crippen MR) is 87.5 cm³/mol. The van der Waals surface area contributed by atoms with E-state index >= 15 is 0 Å². The molecule has 4 nitrogen and oxygen atoms in total.